The first-order valence-corrected chi connectivity index (χ1v) is 8.81. The zero-order valence-corrected chi connectivity index (χ0v) is 15.4. The minimum atomic E-state index is -0.396. The van der Waals surface area contributed by atoms with E-state index >= 15 is 0 Å². The van der Waals surface area contributed by atoms with E-state index in [1.165, 1.54) is 6.07 Å². The number of furan rings is 1. The molecule has 0 spiro atoms. The first-order valence-electron chi connectivity index (χ1n) is 8.81. The van der Waals surface area contributed by atoms with Gasteiger partial charge in [-0.25, -0.2) is 4.79 Å². The van der Waals surface area contributed by atoms with Gasteiger partial charge in [0, 0.05) is 22.6 Å². The Morgan fingerprint density at radius 2 is 1.81 bits per heavy atom. The Morgan fingerprint density at radius 3 is 2.48 bits per heavy atom. The summed E-state index contributed by atoms with van der Waals surface area (Å²) in [5.41, 5.74) is 4.61. The van der Waals surface area contributed by atoms with Crippen molar-refractivity contribution in [1.29, 1.82) is 0 Å². The largest absolute Gasteiger partial charge is 0.454 e. The summed E-state index contributed by atoms with van der Waals surface area (Å²) in [5.74, 6) is 0.482. The number of nitrogens with zero attached hydrogens (tertiary/aromatic N) is 1. The highest BCUT2D eigenvalue weighted by atomic mass is 16.4. The molecule has 0 fully saturated rings. The molecule has 0 amide bonds. The van der Waals surface area contributed by atoms with Crippen LogP contribution in [0.25, 0.3) is 21.9 Å². The molecule has 27 heavy (non-hydrogen) atoms. The second kappa shape index (κ2) is 6.43. The number of hydrogen-bond donors (Lipinski definition) is 1. The Morgan fingerprint density at radius 1 is 1.07 bits per heavy atom. The lowest BCUT2D eigenvalue weighted by molar-refractivity contribution is 0.318. The fourth-order valence-corrected chi connectivity index (χ4v) is 3.50. The molecule has 0 saturated heterocycles. The van der Waals surface area contributed by atoms with Gasteiger partial charge in [0.05, 0.1) is 5.39 Å². The Bertz CT molecular complexity index is 1240. The van der Waals surface area contributed by atoms with Crippen LogP contribution in [0.15, 0.2) is 61.2 Å². The number of rotatable bonds is 3. The van der Waals surface area contributed by atoms with Crippen molar-refractivity contribution in [1.82, 2.24) is 0 Å². The molecule has 0 unspecified atom stereocenters. The van der Waals surface area contributed by atoms with Crippen LogP contribution in [0.5, 0.6) is 0 Å². The fraction of sp³-hybridized carbons (Fsp3) is 0.182. The van der Waals surface area contributed by atoms with Gasteiger partial charge in [0.15, 0.2) is 11.5 Å². The van der Waals surface area contributed by atoms with E-state index in [1.807, 2.05) is 57.2 Å². The molecule has 5 heteroatoms. The zero-order chi connectivity index (χ0) is 19.1. The van der Waals surface area contributed by atoms with Gasteiger partial charge >= 0.3 is 5.63 Å². The monoisotopic (exact) mass is 361 g/mol. The van der Waals surface area contributed by atoms with Gasteiger partial charge in [0.25, 0.3) is 0 Å². The number of benzene rings is 2. The normalized spacial score (nSPS) is 12.2. The lowest BCUT2D eigenvalue weighted by atomic mass is 9.99. The number of aryl methyl sites for hydroxylation is 3. The molecule has 0 saturated carbocycles. The molecule has 0 aliphatic heterocycles. The molecule has 4 rings (SSSR count). The summed E-state index contributed by atoms with van der Waals surface area (Å²) in [6.07, 6.45) is 0.629. The molecule has 136 valence electrons. The molecule has 4 aromatic rings. The quantitative estimate of drug-likeness (QED) is 0.243. The summed E-state index contributed by atoms with van der Waals surface area (Å²) < 4.78 is 11.6. The highest BCUT2D eigenvalue weighted by Gasteiger charge is 2.23. The SMILES string of the molecule is CCc1c(/C(=N/O)c2ccc(C)cc2)oc2ccc3c(C)cc(=O)oc3c12. The van der Waals surface area contributed by atoms with E-state index in [2.05, 4.69) is 5.16 Å². The molecule has 0 radical (unpaired) electrons. The van der Waals surface area contributed by atoms with Crippen LogP contribution < -0.4 is 5.63 Å². The van der Waals surface area contributed by atoms with E-state index in [0.29, 0.717) is 29.1 Å². The van der Waals surface area contributed by atoms with E-state index in [1.54, 1.807) is 0 Å². The Labute approximate surface area is 155 Å². The molecule has 5 nitrogen and oxygen atoms in total. The second-order valence-corrected chi connectivity index (χ2v) is 6.64. The molecular weight excluding hydrogens is 342 g/mol. The molecule has 0 aliphatic rings. The van der Waals surface area contributed by atoms with Crippen molar-refractivity contribution < 1.29 is 14.0 Å². The highest BCUT2D eigenvalue weighted by molar-refractivity contribution is 6.16. The number of fused-ring (bicyclic) bond motifs is 3. The van der Waals surface area contributed by atoms with E-state index in [0.717, 1.165) is 33.0 Å². The van der Waals surface area contributed by atoms with Crippen LogP contribution in [0.1, 0.15) is 34.9 Å². The zero-order valence-electron chi connectivity index (χ0n) is 15.4. The average molecular weight is 361 g/mol. The minimum absolute atomic E-state index is 0.353. The van der Waals surface area contributed by atoms with Gasteiger partial charge < -0.3 is 14.0 Å². The standard InChI is InChI=1S/C22H19NO4/c1-4-15-19-17(10-9-16-13(3)11-18(24)27-21(16)19)26-22(15)20(23-25)14-7-5-12(2)6-8-14/h5-11,25H,4H2,1-3H3/b23-20+. The molecule has 0 atom stereocenters. The Hall–Kier alpha value is -3.34. The van der Waals surface area contributed by atoms with Crippen molar-refractivity contribution in [3.05, 3.63) is 80.9 Å². The summed E-state index contributed by atoms with van der Waals surface area (Å²) in [7, 11) is 0. The lowest BCUT2D eigenvalue weighted by Crippen LogP contribution is -2.05. The third-order valence-corrected chi connectivity index (χ3v) is 4.86. The molecular formula is C22H19NO4. The van der Waals surface area contributed by atoms with Crippen molar-refractivity contribution >= 4 is 27.7 Å². The van der Waals surface area contributed by atoms with Crippen LogP contribution >= 0.6 is 0 Å². The lowest BCUT2D eigenvalue weighted by Gasteiger charge is -2.05. The van der Waals surface area contributed by atoms with Crippen molar-refractivity contribution in [2.45, 2.75) is 27.2 Å². The molecule has 2 aromatic carbocycles. The van der Waals surface area contributed by atoms with Crippen LogP contribution in [-0.2, 0) is 6.42 Å². The first-order chi connectivity index (χ1) is 13.0. The summed E-state index contributed by atoms with van der Waals surface area (Å²) >= 11 is 0. The van der Waals surface area contributed by atoms with Gasteiger partial charge in [-0.15, -0.1) is 0 Å². The summed E-state index contributed by atoms with van der Waals surface area (Å²) in [6, 6.07) is 12.9. The summed E-state index contributed by atoms with van der Waals surface area (Å²) in [6.45, 7) is 5.87. The number of oxime groups is 1. The minimum Gasteiger partial charge on any atom is -0.454 e. The maximum absolute atomic E-state index is 11.9. The van der Waals surface area contributed by atoms with Gasteiger partial charge in [-0.2, -0.15) is 0 Å². The maximum atomic E-state index is 11.9. The molecule has 2 aromatic heterocycles. The highest BCUT2D eigenvalue weighted by Crippen LogP contribution is 2.34. The smallest absolute Gasteiger partial charge is 0.336 e. The van der Waals surface area contributed by atoms with Gasteiger partial charge in [0.2, 0.25) is 0 Å². The second-order valence-electron chi connectivity index (χ2n) is 6.64. The predicted molar refractivity (Wildman–Crippen MR) is 105 cm³/mol. The third kappa shape index (κ3) is 2.72. The molecule has 2 heterocycles. The average Bonchev–Trinajstić information content (AvgIpc) is 3.02. The van der Waals surface area contributed by atoms with Crippen molar-refractivity contribution in [3.8, 4) is 0 Å². The van der Waals surface area contributed by atoms with Crippen molar-refractivity contribution in [3.63, 3.8) is 0 Å². The van der Waals surface area contributed by atoms with Gasteiger partial charge in [0.1, 0.15) is 11.2 Å². The van der Waals surface area contributed by atoms with E-state index in [4.69, 9.17) is 8.83 Å². The summed E-state index contributed by atoms with van der Waals surface area (Å²) in [5, 5.41) is 14.8. The molecule has 0 aliphatic carbocycles. The molecule has 0 bridgehead atoms. The predicted octanol–water partition coefficient (Wildman–Crippen LogP) is 4.95. The van der Waals surface area contributed by atoms with Crippen LogP contribution in [0.2, 0.25) is 0 Å². The van der Waals surface area contributed by atoms with Crippen LogP contribution in [0.4, 0.5) is 0 Å². The summed E-state index contributed by atoms with van der Waals surface area (Å²) in [4.78, 5) is 11.9. The third-order valence-electron chi connectivity index (χ3n) is 4.86. The van der Waals surface area contributed by atoms with Crippen LogP contribution in [0, 0.1) is 13.8 Å². The van der Waals surface area contributed by atoms with Crippen LogP contribution in [-0.4, -0.2) is 10.9 Å². The van der Waals surface area contributed by atoms with E-state index in [-0.39, 0.29) is 0 Å². The van der Waals surface area contributed by atoms with E-state index < -0.39 is 5.63 Å². The van der Waals surface area contributed by atoms with Crippen molar-refractivity contribution in [2.75, 3.05) is 0 Å². The topological polar surface area (TPSA) is 75.9 Å². The Balaban J connectivity index is 2.06. The van der Waals surface area contributed by atoms with E-state index in [9.17, 15) is 10.0 Å². The van der Waals surface area contributed by atoms with Crippen molar-refractivity contribution in [2.24, 2.45) is 5.16 Å². The fourth-order valence-electron chi connectivity index (χ4n) is 3.50. The van der Waals surface area contributed by atoms with Gasteiger partial charge in [-0.3, -0.25) is 0 Å². The first kappa shape index (κ1) is 17.1. The Kier molecular flexibility index (Phi) is 4.07. The van der Waals surface area contributed by atoms with Gasteiger partial charge in [-0.05, 0) is 38.0 Å². The molecule has 1 N–H and O–H groups in total. The van der Waals surface area contributed by atoms with Gasteiger partial charge in [-0.1, -0.05) is 41.9 Å². The van der Waals surface area contributed by atoms with Crippen LogP contribution in [0.3, 0.4) is 0 Å². The number of hydrogen-bond acceptors (Lipinski definition) is 5. The maximum Gasteiger partial charge on any atom is 0.336 e.